The van der Waals surface area contributed by atoms with Crippen LogP contribution in [0.5, 0.6) is 0 Å². The first-order valence-corrected chi connectivity index (χ1v) is 6.58. The third-order valence-electron chi connectivity index (χ3n) is 2.67. The van der Waals surface area contributed by atoms with Gasteiger partial charge < -0.3 is 18.9 Å². The average Bonchev–Trinajstić information content (AvgIpc) is 2.34. The van der Waals surface area contributed by atoms with Crippen molar-refractivity contribution < 1.29 is 38.1 Å². The topological polar surface area (TPSA) is 105 Å². The van der Waals surface area contributed by atoms with Gasteiger partial charge in [0.1, 0.15) is 0 Å². The monoisotopic (exact) mass is 314 g/mol. The fourth-order valence-electron chi connectivity index (χ4n) is 2.06. The summed E-state index contributed by atoms with van der Waals surface area (Å²) in [6.07, 6.45) is -1.28. The number of carbonyl (C=O) groups excluding carboxylic acids is 4. The van der Waals surface area contributed by atoms with E-state index >= 15 is 0 Å². The molecule has 4 atom stereocenters. The number of ether oxygens (including phenoxy) is 4. The predicted octanol–water partition coefficient (Wildman–Crippen LogP) is 0.283. The zero-order valence-electron chi connectivity index (χ0n) is 12.7. The Hall–Kier alpha value is -2.38. The van der Waals surface area contributed by atoms with Gasteiger partial charge in [0.2, 0.25) is 0 Å². The molecule has 8 heteroatoms. The zero-order valence-corrected chi connectivity index (χ0v) is 12.7. The molecule has 0 spiro atoms. The number of hydrogen-bond acceptors (Lipinski definition) is 8. The molecule has 0 saturated carbocycles. The van der Waals surface area contributed by atoms with Crippen LogP contribution in [-0.2, 0) is 38.1 Å². The van der Waals surface area contributed by atoms with Crippen LogP contribution in [0.2, 0.25) is 0 Å². The fourth-order valence-corrected chi connectivity index (χ4v) is 2.06. The molecule has 1 rings (SSSR count). The van der Waals surface area contributed by atoms with E-state index in [0.717, 1.165) is 13.8 Å². The van der Waals surface area contributed by atoms with Crippen molar-refractivity contribution in [2.24, 2.45) is 0 Å². The summed E-state index contributed by atoms with van der Waals surface area (Å²) in [4.78, 5) is 44.8. The van der Waals surface area contributed by atoms with Crippen LogP contribution >= 0.6 is 0 Å². The van der Waals surface area contributed by atoms with Crippen LogP contribution in [0.1, 0.15) is 27.7 Å². The highest BCUT2D eigenvalue weighted by atomic mass is 16.6. The predicted molar refractivity (Wildman–Crippen MR) is 71.4 cm³/mol. The Labute approximate surface area is 127 Å². The summed E-state index contributed by atoms with van der Waals surface area (Å²) in [5, 5.41) is 0. The van der Waals surface area contributed by atoms with Gasteiger partial charge >= 0.3 is 23.9 Å². The maximum absolute atomic E-state index is 11.3. The third-order valence-corrected chi connectivity index (χ3v) is 2.67. The molecular formula is C14H18O8. The molecule has 0 aromatic heterocycles. The first-order valence-electron chi connectivity index (χ1n) is 6.58. The van der Waals surface area contributed by atoms with Gasteiger partial charge in [0, 0.05) is 27.7 Å². The molecule has 1 aliphatic rings. The number of esters is 4. The standard InChI is InChI=1S/C14H18O8/c1-7(15)19-11-5-6-12(20-8(2)16)14(22-10(4)18)13(11)21-9(3)17/h5-6,11-14H,1-4H3/t11-,12+,13-,14+. The van der Waals surface area contributed by atoms with Gasteiger partial charge in [0.25, 0.3) is 0 Å². The van der Waals surface area contributed by atoms with Gasteiger partial charge in [-0.2, -0.15) is 0 Å². The highest BCUT2D eigenvalue weighted by Gasteiger charge is 2.44. The lowest BCUT2D eigenvalue weighted by Crippen LogP contribution is -2.53. The molecule has 0 fully saturated rings. The van der Waals surface area contributed by atoms with Crippen molar-refractivity contribution in [1.82, 2.24) is 0 Å². The number of carbonyl (C=O) groups is 4. The molecule has 0 saturated heterocycles. The second kappa shape index (κ2) is 7.58. The van der Waals surface area contributed by atoms with E-state index in [0.29, 0.717) is 0 Å². The van der Waals surface area contributed by atoms with Crippen LogP contribution in [0.25, 0.3) is 0 Å². The first kappa shape index (κ1) is 17.7. The molecule has 22 heavy (non-hydrogen) atoms. The lowest BCUT2D eigenvalue weighted by Gasteiger charge is -2.36. The largest absolute Gasteiger partial charge is 0.454 e. The van der Waals surface area contributed by atoms with Gasteiger partial charge in [0.15, 0.2) is 24.4 Å². The van der Waals surface area contributed by atoms with E-state index in [4.69, 9.17) is 18.9 Å². The van der Waals surface area contributed by atoms with Crippen LogP contribution < -0.4 is 0 Å². The van der Waals surface area contributed by atoms with E-state index in [1.165, 1.54) is 26.0 Å². The van der Waals surface area contributed by atoms with Crippen LogP contribution in [0.4, 0.5) is 0 Å². The molecule has 0 unspecified atom stereocenters. The Bertz CT molecular complexity index is 451. The van der Waals surface area contributed by atoms with Gasteiger partial charge in [0.05, 0.1) is 0 Å². The lowest BCUT2D eigenvalue weighted by atomic mass is 9.95. The number of rotatable bonds is 4. The van der Waals surface area contributed by atoms with E-state index < -0.39 is 48.3 Å². The zero-order chi connectivity index (χ0) is 16.9. The molecule has 8 nitrogen and oxygen atoms in total. The summed E-state index contributed by atoms with van der Waals surface area (Å²) in [5.41, 5.74) is 0. The number of hydrogen-bond donors (Lipinski definition) is 0. The van der Waals surface area contributed by atoms with Gasteiger partial charge in [-0.1, -0.05) is 0 Å². The molecule has 0 heterocycles. The van der Waals surface area contributed by atoms with Crippen LogP contribution in [-0.4, -0.2) is 48.3 Å². The molecule has 1 aliphatic carbocycles. The normalized spacial score (nSPS) is 26.7. The van der Waals surface area contributed by atoms with Crippen LogP contribution in [0.15, 0.2) is 12.2 Å². The first-order chi connectivity index (χ1) is 10.2. The summed E-state index contributed by atoms with van der Waals surface area (Å²) in [6, 6.07) is 0. The Morgan fingerprint density at radius 1 is 0.591 bits per heavy atom. The maximum atomic E-state index is 11.3. The highest BCUT2D eigenvalue weighted by Crippen LogP contribution is 2.25. The molecule has 0 aliphatic heterocycles. The Morgan fingerprint density at radius 3 is 1.09 bits per heavy atom. The van der Waals surface area contributed by atoms with Gasteiger partial charge in [-0.25, -0.2) is 0 Å². The van der Waals surface area contributed by atoms with E-state index in [1.54, 1.807) is 0 Å². The molecule has 0 amide bonds. The molecule has 0 aromatic carbocycles. The minimum Gasteiger partial charge on any atom is -0.454 e. The molecular weight excluding hydrogens is 296 g/mol. The van der Waals surface area contributed by atoms with Crippen LogP contribution in [0, 0.1) is 0 Å². The van der Waals surface area contributed by atoms with Gasteiger partial charge in [-0.15, -0.1) is 0 Å². The summed E-state index contributed by atoms with van der Waals surface area (Å²) in [5.74, 6) is -2.51. The van der Waals surface area contributed by atoms with E-state index in [9.17, 15) is 19.2 Å². The minimum absolute atomic E-state index is 0.598. The second-order valence-corrected chi connectivity index (χ2v) is 4.68. The molecule has 0 radical (unpaired) electrons. The summed E-state index contributed by atoms with van der Waals surface area (Å²) in [7, 11) is 0. The molecule has 0 bridgehead atoms. The van der Waals surface area contributed by atoms with E-state index in [2.05, 4.69) is 0 Å². The highest BCUT2D eigenvalue weighted by molar-refractivity contribution is 5.69. The second-order valence-electron chi connectivity index (χ2n) is 4.68. The van der Waals surface area contributed by atoms with Crippen molar-refractivity contribution in [3.63, 3.8) is 0 Å². The van der Waals surface area contributed by atoms with Gasteiger partial charge in [-0.3, -0.25) is 19.2 Å². The fraction of sp³-hybridized carbons (Fsp3) is 0.571. The molecule has 0 N–H and O–H groups in total. The van der Waals surface area contributed by atoms with Gasteiger partial charge in [-0.05, 0) is 12.2 Å². The van der Waals surface area contributed by atoms with E-state index in [-0.39, 0.29) is 0 Å². The van der Waals surface area contributed by atoms with Crippen molar-refractivity contribution in [1.29, 1.82) is 0 Å². The quantitative estimate of drug-likeness (QED) is 0.414. The summed E-state index contributed by atoms with van der Waals surface area (Å²) < 4.78 is 20.3. The average molecular weight is 314 g/mol. The molecule has 122 valence electrons. The Morgan fingerprint density at radius 2 is 0.864 bits per heavy atom. The summed E-state index contributed by atoms with van der Waals surface area (Å²) in [6.45, 7) is 4.71. The maximum Gasteiger partial charge on any atom is 0.303 e. The lowest BCUT2D eigenvalue weighted by molar-refractivity contribution is -0.193. The van der Waals surface area contributed by atoms with Crippen LogP contribution in [0.3, 0.4) is 0 Å². The smallest absolute Gasteiger partial charge is 0.303 e. The van der Waals surface area contributed by atoms with Crippen molar-refractivity contribution in [2.75, 3.05) is 0 Å². The van der Waals surface area contributed by atoms with Crippen molar-refractivity contribution in [3.05, 3.63) is 12.2 Å². The Balaban J connectivity index is 3.11. The third kappa shape index (κ3) is 5.19. The SMILES string of the molecule is CC(=O)O[C@@H]1[C@H](OC(C)=O)[C@H](OC(C)=O)C=C[C@@H]1OC(C)=O. The van der Waals surface area contributed by atoms with Crippen molar-refractivity contribution in [3.8, 4) is 0 Å². The summed E-state index contributed by atoms with van der Waals surface area (Å²) >= 11 is 0. The Kier molecular flexibility index (Phi) is 6.09. The molecule has 0 aromatic rings. The van der Waals surface area contributed by atoms with E-state index in [1.807, 2.05) is 0 Å². The van der Waals surface area contributed by atoms with Crippen molar-refractivity contribution >= 4 is 23.9 Å². The minimum atomic E-state index is -1.11. The van der Waals surface area contributed by atoms with Crippen molar-refractivity contribution in [2.45, 2.75) is 52.1 Å².